The maximum atomic E-state index is 13.5. The third kappa shape index (κ3) is 4.26. The maximum absolute atomic E-state index is 13.5. The van der Waals surface area contributed by atoms with Gasteiger partial charge in [0.05, 0.1) is 36.1 Å². The zero-order valence-electron chi connectivity index (χ0n) is 17.9. The van der Waals surface area contributed by atoms with Gasteiger partial charge in [0.2, 0.25) is 0 Å². The van der Waals surface area contributed by atoms with E-state index in [4.69, 9.17) is 4.74 Å². The minimum absolute atomic E-state index is 0.0218. The maximum Gasteiger partial charge on any atom is 0.416 e. The Bertz CT molecular complexity index is 1010. The number of carbonyl (C=O) groups excluding carboxylic acids is 2. The summed E-state index contributed by atoms with van der Waals surface area (Å²) in [4.78, 5) is 28.0. The highest BCUT2D eigenvalue weighted by molar-refractivity contribution is 6.01. The van der Waals surface area contributed by atoms with Crippen molar-refractivity contribution in [1.29, 1.82) is 0 Å². The fourth-order valence-corrected chi connectivity index (χ4v) is 4.48. The van der Waals surface area contributed by atoms with Crippen LogP contribution in [0.25, 0.3) is 0 Å². The Balaban J connectivity index is 1.64. The first-order valence-corrected chi connectivity index (χ1v) is 10.9. The van der Waals surface area contributed by atoms with E-state index in [0.29, 0.717) is 37.6 Å². The number of amides is 2. The van der Waals surface area contributed by atoms with E-state index in [2.05, 4.69) is 5.32 Å². The molecular formula is C23H26F3N3O3. The van der Waals surface area contributed by atoms with Crippen LogP contribution < -0.4 is 5.32 Å². The Morgan fingerprint density at radius 2 is 1.88 bits per heavy atom. The molecule has 1 fully saturated rings. The van der Waals surface area contributed by atoms with Crippen LogP contribution in [0.3, 0.4) is 0 Å². The normalized spacial score (nSPS) is 17.2. The molecule has 3 heterocycles. The molecular weight excluding hydrogens is 423 g/mol. The van der Waals surface area contributed by atoms with Crippen LogP contribution in [-0.2, 0) is 24.1 Å². The number of likely N-dealkylation sites (tertiary alicyclic amines) is 1. The van der Waals surface area contributed by atoms with Gasteiger partial charge >= 0.3 is 6.18 Å². The molecule has 4 rings (SSSR count). The lowest BCUT2D eigenvalue weighted by atomic mass is 9.97. The van der Waals surface area contributed by atoms with Gasteiger partial charge in [0, 0.05) is 19.6 Å². The molecule has 172 valence electrons. The van der Waals surface area contributed by atoms with Crippen molar-refractivity contribution in [2.45, 2.75) is 51.6 Å². The number of hydrogen-bond donors (Lipinski definition) is 1. The van der Waals surface area contributed by atoms with E-state index in [-0.39, 0.29) is 30.1 Å². The number of carbonyl (C=O) groups is 2. The summed E-state index contributed by atoms with van der Waals surface area (Å²) in [7, 11) is 0. The molecule has 1 saturated heterocycles. The van der Waals surface area contributed by atoms with Crippen molar-refractivity contribution in [2.24, 2.45) is 0 Å². The van der Waals surface area contributed by atoms with E-state index < -0.39 is 23.7 Å². The summed E-state index contributed by atoms with van der Waals surface area (Å²) < 4.78 is 47.8. The van der Waals surface area contributed by atoms with Gasteiger partial charge in [0.1, 0.15) is 5.69 Å². The van der Waals surface area contributed by atoms with Crippen molar-refractivity contribution in [3.63, 3.8) is 0 Å². The second-order valence-electron chi connectivity index (χ2n) is 8.11. The Kier molecular flexibility index (Phi) is 6.28. The summed E-state index contributed by atoms with van der Waals surface area (Å²) >= 11 is 0. The van der Waals surface area contributed by atoms with E-state index in [1.165, 1.54) is 18.2 Å². The van der Waals surface area contributed by atoms with Crippen molar-refractivity contribution in [2.75, 3.05) is 19.7 Å². The number of ether oxygens (including phenoxy) is 1. The number of nitrogens with one attached hydrogen (secondary N) is 1. The van der Waals surface area contributed by atoms with E-state index in [1.807, 2.05) is 4.57 Å². The van der Waals surface area contributed by atoms with Gasteiger partial charge < -0.3 is 19.5 Å². The summed E-state index contributed by atoms with van der Waals surface area (Å²) in [5.41, 5.74) is 0.539. The van der Waals surface area contributed by atoms with Crippen molar-refractivity contribution in [1.82, 2.24) is 14.8 Å². The van der Waals surface area contributed by atoms with Gasteiger partial charge in [-0.05, 0) is 37.0 Å². The molecule has 1 aromatic heterocycles. The number of fused-ring (bicyclic) bond motifs is 1. The fourth-order valence-electron chi connectivity index (χ4n) is 4.48. The van der Waals surface area contributed by atoms with Crippen LogP contribution in [0.4, 0.5) is 13.2 Å². The molecule has 1 N–H and O–H groups in total. The molecule has 2 amide bonds. The van der Waals surface area contributed by atoms with Crippen LogP contribution in [0.2, 0.25) is 0 Å². The molecule has 2 aliphatic rings. The van der Waals surface area contributed by atoms with Crippen LogP contribution in [0.1, 0.15) is 69.9 Å². The highest BCUT2D eigenvalue weighted by atomic mass is 19.4. The molecule has 32 heavy (non-hydrogen) atoms. The fraction of sp³-hybridized carbons (Fsp3) is 0.478. The number of halogens is 3. The highest BCUT2D eigenvalue weighted by Gasteiger charge is 2.36. The predicted octanol–water partition coefficient (Wildman–Crippen LogP) is 4.15. The van der Waals surface area contributed by atoms with Crippen molar-refractivity contribution in [3.05, 3.63) is 58.4 Å². The molecule has 9 heteroatoms. The number of aromatic nitrogens is 1. The molecule has 1 aromatic carbocycles. The van der Waals surface area contributed by atoms with E-state index in [1.54, 1.807) is 17.9 Å². The molecule has 0 spiro atoms. The summed E-state index contributed by atoms with van der Waals surface area (Å²) in [6.07, 6.45) is -2.34. The SMILES string of the molecule is CCC(NC(=O)c1cc(C(=O)N2CCCC2)n2c1COCC2)c1ccccc1C(F)(F)F. The molecule has 0 aliphatic carbocycles. The zero-order chi connectivity index (χ0) is 22.9. The smallest absolute Gasteiger partial charge is 0.373 e. The van der Waals surface area contributed by atoms with Gasteiger partial charge in [0.25, 0.3) is 11.8 Å². The number of hydrogen-bond acceptors (Lipinski definition) is 3. The molecule has 1 unspecified atom stereocenters. The predicted molar refractivity (Wildman–Crippen MR) is 111 cm³/mol. The summed E-state index contributed by atoms with van der Waals surface area (Å²) in [5.74, 6) is -0.636. The topological polar surface area (TPSA) is 63.6 Å². The lowest BCUT2D eigenvalue weighted by Crippen LogP contribution is -2.31. The standard InChI is InChI=1S/C23H26F3N3O3/c1-2-18(15-7-3-4-8-17(15)23(24,25)26)27-21(30)16-13-19(22(31)28-9-5-6-10-28)29-11-12-32-14-20(16)29/h3-4,7-8,13,18H,2,5-6,9-12,14H2,1H3,(H,27,30). The first-order chi connectivity index (χ1) is 15.3. The first kappa shape index (κ1) is 22.4. The quantitative estimate of drug-likeness (QED) is 0.746. The number of alkyl halides is 3. The molecule has 0 saturated carbocycles. The summed E-state index contributed by atoms with van der Waals surface area (Å²) in [6, 6.07) is 6.00. The van der Waals surface area contributed by atoms with Gasteiger partial charge in [-0.1, -0.05) is 25.1 Å². The molecule has 2 aliphatic heterocycles. The van der Waals surface area contributed by atoms with Gasteiger partial charge in [-0.2, -0.15) is 13.2 Å². The Morgan fingerprint density at radius 3 is 2.56 bits per heavy atom. The van der Waals surface area contributed by atoms with Crippen LogP contribution in [-0.4, -0.2) is 41.0 Å². The van der Waals surface area contributed by atoms with Crippen molar-refractivity contribution >= 4 is 11.8 Å². The van der Waals surface area contributed by atoms with Crippen molar-refractivity contribution < 1.29 is 27.5 Å². The van der Waals surface area contributed by atoms with Crippen LogP contribution in [0.15, 0.2) is 30.3 Å². The molecule has 2 aromatic rings. The average molecular weight is 449 g/mol. The lowest BCUT2D eigenvalue weighted by Gasteiger charge is -2.23. The van der Waals surface area contributed by atoms with Gasteiger partial charge in [-0.25, -0.2) is 0 Å². The van der Waals surface area contributed by atoms with Gasteiger partial charge in [0.15, 0.2) is 0 Å². The third-order valence-electron chi connectivity index (χ3n) is 6.12. The van der Waals surface area contributed by atoms with Crippen LogP contribution in [0.5, 0.6) is 0 Å². The van der Waals surface area contributed by atoms with Crippen molar-refractivity contribution in [3.8, 4) is 0 Å². The third-order valence-corrected chi connectivity index (χ3v) is 6.12. The zero-order valence-corrected chi connectivity index (χ0v) is 17.9. The monoisotopic (exact) mass is 449 g/mol. The highest BCUT2D eigenvalue weighted by Crippen LogP contribution is 2.35. The largest absolute Gasteiger partial charge is 0.416 e. The minimum atomic E-state index is -4.52. The Morgan fingerprint density at radius 1 is 1.16 bits per heavy atom. The number of benzene rings is 1. The molecule has 6 nitrogen and oxygen atoms in total. The van der Waals surface area contributed by atoms with Crippen LogP contribution >= 0.6 is 0 Å². The number of nitrogens with zero attached hydrogens (tertiary/aromatic N) is 2. The average Bonchev–Trinajstić information content (AvgIpc) is 3.45. The summed E-state index contributed by atoms with van der Waals surface area (Å²) in [5, 5.41) is 2.75. The molecule has 0 radical (unpaired) electrons. The Labute approximate surface area is 184 Å². The van der Waals surface area contributed by atoms with E-state index in [0.717, 1.165) is 18.9 Å². The minimum Gasteiger partial charge on any atom is -0.373 e. The van der Waals surface area contributed by atoms with Crippen LogP contribution in [0, 0.1) is 0 Å². The summed E-state index contributed by atoms with van der Waals surface area (Å²) in [6.45, 7) is 4.14. The van der Waals surface area contributed by atoms with Gasteiger partial charge in [-0.15, -0.1) is 0 Å². The second kappa shape index (κ2) is 8.97. The first-order valence-electron chi connectivity index (χ1n) is 10.9. The second-order valence-corrected chi connectivity index (χ2v) is 8.11. The molecule has 1 atom stereocenters. The molecule has 0 bridgehead atoms. The number of rotatable bonds is 5. The van der Waals surface area contributed by atoms with E-state index >= 15 is 0 Å². The lowest BCUT2D eigenvalue weighted by molar-refractivity contribution is -0.138. The Hall–Kier alpha value is -2.81. The van der Waals surface area contributed by atoms with Gasteiger partial charge in [-0.3, -0.25) is 9.59 Å². The van der Waals surface area contributed by atoms with E-state index in [9.17, 15) is 22.8 Å².